The van der Waals surface area contributed by atoms with Gasteiger partial charge in [0.2, 0.25) is 11.7 Å². The molecule has 0 radical (unpaired) electrons. The van der Waals surface area contributed by atoms with Crippen LogP contribution < -0.4 is 14.8 Å². The lowest BCUT2D eigenvalue weighted by Gasteiger charge is -2.35. The van der Waals surface area contributed by atoms with Gasteiger partial charge in [-0.2, -0.15) is 14.4 Å². The number of aromatic nitrogens is 2. The Morgan fingerprint density at radius 1 is 1.21 bits per heavy atom. The maximum atomic E-state index is 14.5. The smallest absolute Gasteiger partial charge is 0.258 e. The summed E-state index contributed by atoms with van der Waals surface area (Å²) in [6.45, 7) is 4.42. The van der Waals surface area contributed by atoms with Gasteiger partial charge < -0.3 is 19.5 Å². The number of amides is 1. The van der Waals surface area contributed by atoms with E-state index in [2.05, 4.69) is 15.3 Å². The number of carbonyl (C=O) groups excluding carboxylic acids is 1. The molecule has 3 rings (SSSR count). The van der Waals surface area contributed by atoms with Crippen molar-refractivity contribution in [3.63, 3.8) is 0 Å². The van der Waals surface area contributed by atoms with Gasteiger partial charge in [-0.25, -0.2) is 0 Å². The molecule has 1 aromatic carbocycles. The summed E-state index contributed by atoms with van der Waals surface area (Å²) >= 11 is 0. The van der Waals surface area contributed by atoms with Crippen LogP contribution in [-0.2, 0) is 16.1 Å². The summed E-state index contributed by atoms with van der Waals surface area (Å²) in [5, 5.41) is 2.78. The lowest BCUT2D eigenvalue weighted by Crippen LogP contribution is -2.40. The summed E-state index contributed by atoms with van der Waals surface area (Å²) in [4.78, 5) is 18.7. The maximum Gasteiger partial charge on any atom is 0.258 e. The second-order valence-electron chi connectivity index (χ2n) is 7.28. The maximum absolute atomic E-state index is 14.5. The molecule has 1 aromatic heterocycles. The van der Waals surface area contributed by atoms with Crippen molar-refractivity contribution in [1.29, 1.82) is 0 Å². The second kappa shape index (κ2) is 10.2. The topological polar surface area (TPSA) is 82.6 Å². The molecule has 0 unspecified atom stereocenters. The second-order valence-corrected chi connectivity index (χ2v) is 7.28. The number of hydrogen-bond donors (Lipinski definition) is 1. The number of hydrogen-bond acceptors (Lipinski definition) is 6. The molecular weight excluding hydrogens is 377 g/mol. The number of rotatable bonds is 10. The van der Waals surface area contributed by atoms with E-state index in [1.807, 2.05) is 37.3 Å². The van der Waals surface area contributed by atoms with E-state index in [9.17, 15) is 9.18 Å². The molecule has 1 aliphatic rings. The Hall–Kier alpha value is -2.74. The Bertz CT molecular complexity index is 800. The number of halogens is 1. The molecule has 8 heteroatoms. The molecule has 1 fully saturated rings. The highest BCUT2D eigenvalue weighted by Gasteiger charge is 2.31. The van der Waals surface area contributed by atoms with E-state index in [1.54, 1.807) is 0 Å². The zero-order chi connectivity index (χ0) is 20.6. The Kier molecular flexibility index (Phi) is 7.35. The van der Waals surface area contributed by atoms with Crippen LogP contribution in [0.4, 0.5) is 4.39 Å². The number of nitrogens with one attached hydrogen (secondary N) is 1. The van der Waals surface area contributed by atoms with Gasteiger partial charge in [0.05, 0.1) is 19.3 Å². The van der Waals surface area contributed by atoms with E-state index < -0.39 is 5.82 Å². The molecule has 1 amide bonds. The fourth-order valence-corrected chi connectivity index (χ4v) is 3.08. The third-order valence-corrected chi connectivity index (χ3v) is 4.62. The van der Waals surface area contributed by atoms with Crippen LogP contribution in [0.5, 0.6) is 11.8 Å². The third kappa shape index (κ3) is 6.39. The zero-order valence-corrected chi connectivity index (χ0v) is 16.6. The van der Waals surface area contributed by atoms with Crippen molar-refractivity contribution in [2.24, 2.45) is 5.92 Å². The van der Waals surface area contributed by atoms with Crippen LogP contribution >= 0.6 is 0 Å². The van der Waals surface area contributed by atoms with Gasteiger partial charge in [-0.05, 0) is 31.2 Å². The van der Waals surface area contributed by atoms with Crippen LogP contribution in [0, 0.1) is 11.7 Å². The van der Waals surface area contributed by atoms with Crippen LogP contribution in [-0.4, -0.2) is 41.2 Å². The van der Waals surface area contributed by atoms with Crippen LogP contribution in [0.25, 0.3) is 0 Å². The molecule has 1 heterocycles. The van der Waals surface area contributed by atoms with Gasteiger partial charge in [-0.3, -0.25) is 4.79 Å². The van der Waals surface area contributed by atoms with E-state index in [-0.39, 0.29) is 42.3 Å². The molecule has 0 saturated heterocycles. The minimum Gasteiger partial charge on any atom is -0.475 e. The van der Waals surface area contributed by atoms with Gasteiger partial charge in [-0.1, -0.05) is 30.3 Å². The molecular formula is C21H26FN3O4. The van der Waals surface area contributed by atoms with Crippen LogP contribution in [0.15, 0.2) is 36.7 Å². The standard InChI is InChI=1S/C21H26FN3O4/c1-14(25-15(2)26)10-27-18-8-17(9-18)12-29-21-19(22)20(23-13-24-21)28-11-16-6-4-3-5-7-16/h3-7,13-14,17-18H,8-12H2,1-2H3,(H,25,26)/t14-,17-,18-/m0/s1. The van der Waals surface area contributed by atoms with Crippen molar-refractivity contribution in [3.8, 4) is 11.8 Å². The number of benzene rings is 1. The van der Waals surface area contributed by atoms with Crippen LogP contribution in [0.1, 0.15) is 32.3 Å². The molecule has 1 N–H and O–H groups in total. The summed E-state index contributed by atoms with van der Waals surface area (Å²) in [6.07, 6.45) is 3.03. The average molecular weight is 403 g/mol. The van der Waals surface area contributed by atoms with Crippen LogP contribution in [0.3, 0.4) is 0 Å². The number of nitrogens with zero attached hydrogens (tertiary/aromatic N) is 2. The van der Waals surface area contributed by atoms with Crippen molar-refractivity contribution in [2.45, 2.75) is 45.4 Å². The Balaban J connectivity index is 1.40. The summed E-state index contributed by atoms with van der Waals surface area (Å²) in [5.74, 6) is -0.717. The van der Waals surface area contributed by atoms with Gasteiger partial charge >= 0.3 is 0 Å². The van der Waals surface area contributed by atoms with Crippen molar-refractivity contribution < 1.29 is 23.4 Å². The summed E-state index contributed by atoms with van der Waals surface area (Å²) in [6, 6.07) is 9.44. The normalized spacial score (nSPS) is 19.1. The molecule has 2 aromatic rings. The lowest BCUT2D eigenvalue weighted by molar-refractivity contribution is -0.120. The molecule has 1 saturated carbocycles. The largest absolute Gasteiger partial charge is 0.475 e. The minimum atomic E-state index is -0.695. The monoisotopic (exact) mass is 403 g/mol. The van der Waals surface area contributed by atoms with Gasteiger partial charge in [-0.15, -0.1) is 0 Å². The van der Waals surface area contributed by atoms with Crippen molar-refractivity contribution in [2.75, 3.05) is 13.2 Å². The molecule has 0 spiro atoms. The summed E-state index contributed by atoms with van der Waals surface area (Å²) in [7, 11) is 0. The summed E-state index contributed by atoms with van der Waals surface area (Å²) in [5.41, 5.74) is 0.918. The van der Waals surface area contributed by atoms with E-state index >= 15 is 0 Å². The van der Waals surface area contributed by atoms with Crippen molar-refractivity contribution in [1.82, 2.24) is 15.3 Å². The fraction of sp³-hybridized carbons (Fsp3) is 0.476. The molecule has 1 aliphatic carbocycles. The van der Waals surface area contributed by atoms with E-state index in [1.165, 1.54) is 13.3 Å². The predicted octanol–water partition coefficient (Wildman–Crippen LogP) is 2.89. The van der Waals surface area contributed by atoms with Crippen molar-refractivity contribution >= 4 is 5.91 Å². The molecule has 7 nitrogen and oxygen atoms in total. The van der Waals surface area contributed by atoms with E-state index in [0.717, 1.165) is 18.4 Å². The van der Waals surface area contributed by atoms with Gasteiger partial charge in [0.1, 0.15) is 12.9 Å². The molecule has 29 heavy (non-hydrogen) atoms. The molecule has 156 valence electrons. The first kappa shape index (κ1) is 21.0. The highest BCUT2D eigenvalue weighted by Crippen LogP contribution is 2.31. The Labute approximate surface area is 169 Å². The fourth-order valence-electron chi connectivity index (χ4n) is 3.08. The van der Waals surface area contributed by atoms with Crippen LogP contribution in [0.2, 0.25) is 0 Å². The lowest BCUT2D eigenvalue weighted by atomic mass is 9.83. The van der Waals surface area contributed by atoms with Gasteiger partial charge in [0.15, 0.2) is 0 Å². The minimum absolute atomic E-state index is 0.0211. The van der Waals surface area contributed by atoms with Gasteiger partial charge in [0, 0.05) is 13.0 Å². The molecule has 1 atom stereocenters. The SMILES string of the molecule is CC(=O)N[C@@H](C)CO[C@H]1C[C@H](COc2ncnc(OCc3ccccc3)c2F)C1. The van der Waals surface area contributed by atoms with Gasteiger partial charge in [0.25, 0.3) is 11.8 Å². The highest BCUT2D eigenvalue weighted by atomic mass is 19.1. The number of ether oxygens (including phenoxy) is 3. The number of carbonyl (C=O) groups is 1. The molecule has 0 bridgehead atoms. The average Bonchev–Trinajstić information content (AvgIpc) is 2.66. The third-order valence-electron chi connectivity index (χ3n) is 4.62. The predicted molar refractivity (Wildman–Crippen MR) is 104 cm³/mol. The quantitative estimate of drug-likeness (QED) is 0.657. The first-order chi connectivity index (χ1) is 14.0. The Morgan fingerprint density at radius 2 is 1.90 bits per heavy atom. The zero-order valence-electron chi connectivity index (χ0n) is 16.6. The van der Waals surface area contributed by atoms with Crippen molar-refractivity contribution in [3.05, 3.63) is 48.0 Å². The van der Waals surface area contributed by atoms with E-state index in [4.69, 9.17) is 14.2 Å². The molecule has 0 aliphatic heterocycles. The summed E-state index contributed by atoms with van der Waals surface area (Å²) < 4.78 is 31.2. The Morgan fingerprint density at radius 3 is 2.59 bits per heavy atom. The highest BCUT2D eigenvalue weighted by molar-refractivity contribution is 5.73. The first-order valence-electron chi connectivity index (χ1n) is 9.70. The van der Waals surface area contributed by atoms with E-state index in [0.29, 0.717) is 13.2 Å². The first-order valence-corrected chi connectivity index (χ1v) is 9.70.